The Balaban J connectivity index is 1.72. The first-order valence-electron chi connectivity index (χ1n) is 8.63. The number of amides is 1. The lowest BCUT2D eigenvalue weighted by Crippen LogP contribution is -2.18. The third kappa shape index (κ3) is 3.48. The van der Waals surface area contributed by atoms with E-state index in [2.05, 4.69) is 26.6 Å². The fourth-order valence-corrected chi connectivity index (χ4v) is 3.05. The molecule has 132 valence electrons. The van der Waals surface area contributed by atoms with Crippen LogP contribution < -0.4 is 5.43 Å². The van der Waals surface area contributed by atoms with Gasteiger partial charge in [0.25, 0.3) is 5.91 Å². The highest BCUT2D eigenvalue weighted by Gasteiger charge is 2.19. The van der Waals surface area contributed by atoms with Crippen molar-refractivity contribution in [2.24, 2.45) is 5.10 Å². The van der Waals surface area contributed by atoms with Gasteiger partial charge in [-0.25, -0.2) is 5.43 Å². The predicted octanol–water partition coefficient (Wildman–Crippen LogP) is 4.30. The second-order valence-corrected chi connectivity index (χ2v) is 6.27. The summed E-state index contributed by atoms with van der Waals surface area (Å²) in [6, 6.07) is 19.6. The highest BCUT2D eigenvalue weighted by Crippen LogP contribution is 2.33. The Labute approximate surface area is 156 Å². The van der Waals surface area contributed by atoms with E-state index in [-0.39, 0.29) is 5.91 Å². The maximum absolute atomic E-state index is 12.8. The quantitative estimate of drug-likeness (QED) is 0.424. The molecule has 0 atom stereocenters. The van der Waals surface area contributed by atoms with Gasteiger partial charge in [0.15, 0.2) is 0 Å². The van der Waals surface area contributed by atoms with Crippen molar-refractivity contribution in [3.8, 4) is 11.1 Å². The molecule has 2 aromatic heterocycles. The largest absolute Gasteiger partial charge is 0.350 e. The van der Waals surface area contributed by atoms with Crippen molar-refractivity contribution in [2.45, 2.75) is 6.92 Å². The summed E-state index contributed by atoms with van der Waals surface area (Å²) in [5.74, 6) is -0.284. The van der Waals surface area contributed by atoms with Crippen LogP contribution in [0.4, 0.5) is 0 Å². The molecule has 2 heterocycles. The van der Waals surface area contributed by atoms with E-state index >= 15 is 0 Å². The number of fused-ring (bicyclic) bond motifs is 1. The molecule has 0 radical (unpaired) electrons. The van der Waals surface area contributed by atoms with Crippen LogP contribution in [0.25, 0.3) is 22.0 Å². The Morgan fingerprint density at radius 3 is 2.63 bits per heavy atom. The molecule has 2 aromatic carbocycles. The molecule has 1 amide bonds. The van der Waals surface area contributed by atoms with Crippen molar-refractivity contribution in [1.29, 1.82) is 0 Å². The maximum Gasteiger partial charge on any atom is 0.288 e. The number of carbonyl (C=O) groups excluding carboxylic acids is 1. The molecule has 0 aliphatic heterocycles. The van der Waals surface area contributed by atoms with Crippen LogP contribution in [0.2, 0.25) is 0 Å². The van der Waals surface area contributed by atoms with Gasteiger partial charge in [0, 0.05) is 28.9 Å². The number of nitrogens with zero attached hydrogens (tertiary/aromatic N) is 2. The summed E-state index contributed by atoms with van der Waals surface area (Å²) in [7, 11) is 0. The summed E-state index contributed by atoms with van der Waals surface area (Å²) in [6.07, 6.45) is 4.95. The molecule has 0 fully saturated rings. The number of nitrogens with one attached hydrogen (secondary N) is 2. The molecule has 4 rings (SSSR count). The van der Waals surface area contributed by atoms with Gasteiger partial charge in [-0.1, -0.05) is 42.0 Å². The minimum Gasteiger partial charge on any atom is -0.350 e. The normalized spacial score (nSPS) is 11.1. The number of benzene rings is 2. The Morgan fingerprint density at radius 1 is 1.07 bits per heavy atom. The summed E-state index contributed by atoms with van der Waals surface area (Å²) >= 11 is 0. The number of aryl methyl sites for hydroxylation is 1. The number of hydrazone groups is 1. The van der Waals surface area contributed by atoms with Gasteiger partial charge in [0.05, 0.1) is 6.21 Å². The fraction of sp³-hybridized carbons (Fsp3) is 0.0455. The second-order valence-electron chi connectivity index (χ2n) is 6.27. The molecule has 27 heavy (non-hydrogen) atoms. The molecule has 0 aliphatic rings. The van der Waals surface area contributed by atoms with E-state index in [4.69, 9.17) is 0 Å². The average Bonchev–Trinajstić information content (AvgIpc) is 3.08. The number of hydrogen-bond acceptors (Lipinski definition) is 3. The zero-order valence-electron chi connectivity index (χ0n) is 14.8. The van der Waals surface area contributed by atoms with E-state index in [0.717, 1.165) is 33.2 Å². The lowest BCUT2D eigenvalue weighted by Gasteiger charge is -2.04. The van der Waals surface area contributed by atoms with Gasteiger partial charge < -0.3 is 4.98 Å². The average molecular weight is 354 g/mol. The lowest BCUT2D eigenvalue weighted by molar-refractivity contribution is 0.0951. The molecule has 0 spiro atoms. The van der Waals surface area contributed by atoms with Crippen molar-refractivity contribution in [3.05, 3.63) is 89.9 Å². The standard InChI is InChI=1S/C22H18N4O/c1-15-7-8-19-18(13-15)20(17-5-3-2-4-6-17)21(25-19)22(27)26-24-14-16-9-11-23-12-10-16/h2-14,25H,1H3,(H,26,27)/b24-14-. The van der Waals surface area contributed by atoms with Crippen molar-refractivity contribution in [3.63, 3.8) is 0 Å². The van der Waals surface area contributed by atoms with E-state index in [1.807, 2.05) is 61.5 Å². The minimum atomic E-state index is -0.284. The van der Waals surface area contributed by atoms with E-state index in [1.165, 1.54) is 0 Å². The SMILES string of the molecule is Cc1ccc2[nH]c(C(=O)N/N=C\c3ccncc3)c(-c3ccccc3)c2c1. The zero-order valence-corrected chi connectivity index (χ0v) is 14.8. The molecule has 0 unspecified atom stereocenters. The van der Waals surface area contributed by atoms with Gasteiger partial charge in [-0.2, -0.15) is 5.10 Å². The van der Waals surface area contributed by atoms with E-state index in [1.54, 1.807) is 18.6 Å². The van der Waals surface area contributed by atoms with Gasteiger partial charge in [-0.15, -0.1) is 0 Å². The Morgan fingerprint density at radius 2 is 1.85 bits per heavy atom. The highest BCUT2D eigenvalue weighted by atomic mass is 16.2. The van der Waals surface area contributed by atoms with Crippen LogP contribution in [0.5, 0.6) is 0 Å². The summed E-state index contributed by atoms with van der Waals surface area (Å²) in [6.45, 7) is 2.04. The molecule has 5 nitrogen and oxygen atoms in total. The Hall–Kier alpha value is -3.73. The smallest absolute Gasteiger partial charge is 0.288 e. The molecule has 0 bridgehead atoms. The topological polar surface area (TPSA) is 70.1 Å². The van der Waals surface area contributed by atoms with Crippen LogP contribution in [0, 0.1) is 6.92 Å². The second kappa shape index (κ2) is 7.25. The van der Waals surface area contributed by atoms with E-state index < -0.39 is 0 Å². The number of aromatic nitrogens is 2. The van der Waals surface area contributed by atoms with Crippen molar-refractivity contribution in [1.82, 2.24) is 15.4 Å². The lowest BCUT2D eigenvalue weighted by atomic mass is 10.0. The predicted molar refractivity (Wildman–Crippen MR) is 108 cm³/mol. The zero-order chi connectivity index (χ0) is 18.6. The van der Waals surface area contributed by atoms with Gasteiger partial charge in [-0.05, 0) is 42.3 Å². The molecule has 2 N–H and O–H groups in total. The Kier molecular flexibility index (Phi) is 4.49. The van der Waals surface area contributed by atoms with Crippen LogP contribution in [0.15, 0.2) is 78.2 Å². The highest BCUT2D eigenvalue weighted by molar-refractivity contribution is 6.10. The van der Waals surface area contributed by atoms with Crippen LogP contribution in [-0.2, 0) is 0 Å². The number of pyridine rings is 1. The van der Waals surface area contributed by atoms with Gasteiger partial charge >= 0.3 is 0 Å². The summed E-state index contributed by atoms with van der Waals surface area (Å²) in [4.78, 5) is 20.0. The number of rotatable bonds is 4. The molecular formula is C22H18N4O. The minimum absolute atomic E-state index is 0.284. The van der Waals surface area contributed by atoms with Gasteiger partial charge in [-0.3, -0.25) is 9.78 Å². The van der Waals surface area contributed by atoms with E-state index in [0.29, 0.717) is 5.69 Å². The van der Waals surface area contributed by atoms with Crippen LogP contribution in [0.3, 0.4) is 0 Å². The van der Waals surface area contributed by atoms with Gasteiger partial charge in [0.2, 0.25) is 0 Å². The number of hydrogen-bond donors (Lipinski definition) is 2. The summed E-state index contributed by atoms with van der Waals surface area (Å²) in [5.41, 5.74) is 7.89. The molecule has 0 aliphatic carbocycles. The number of H-pyrrole nitrogens is 1. The van der Waals surface area contributed by atoms with Crippen LogP contribution in [0.1, 0.15) is 21.6 Å². The third-order valence-corrected chi connectivity index (χ3v) is 4.33. The first-order valence-corrected chi connectivity index (χ1v) is 8.63. The molecule has 0 saturated carbocycles. The Bertz CT molecular complexity index is 1120. The molecular weight excluding hydrogens is 336 g/mol. The van der Waals surface area contributed by atoms with E-state index in [9.17, 15) is 4.79 Å². The maximum atomic E-state index is 12.8. The fourth-order valence-electron chi connectivity index (χ4n) is 3.05. The number of aromatic amines is 1. The van der Waals surface area contributed by atoms with Crippen molar-refractivity contribution >= 4 is 23.0 Å². The van der Waals surface area contributed by atoms with Crippen LogP contribution >= 0.6 is 0 Å². The molecule has 4 aromatic rings. The third-order valence-electron chi connectivity index (χ3n) is 4.33. The van der Waals surface area contributed by atoms with Crippen molar-refractivity contribution < 1.29 is 4.79 Å². The monoisotopic (exact) mass is 354 g/mol. The van der Waals surface area contributed by atoms with Crippen LogP contribution in [-0.4, -0.2) is 22.1 Å². The first-order chi connectivity index (χ1) is 13.2. The molecule has 5 heteroatoms. The number of carbonyl (C=O) groups is 1. The summed E-state index contributed by atoms with van der Waals surface area (Å²) < 4.78 is 0. The van der Waals surface area contributed by atoms with Crippen molar-refractivity contribution in [2.75, 3.05) is 0 Å². The summed E-state index contributed by atoms with van der Waals surface area (Å²) in [5, 5.41) is 5.09. The first kappa shape index (κ1) is 16.7. The molecule has 0 saturated heterocycles. The van der Waals surface area contributed by atoms with Gasteiger partial charge in [0.1, 0.15) is 5.69 Å².